The molecular formula is C16H16ClFN2O3S. The highest BCUT2D eigenvalue weighted by molar-refractivity contribution is 7.89. The highest BCUT2D eigenvalue weighted by Crippen LogP contribution is 2.23. The first kappa shape index (κ1) is 18.4. The molecule has 8 heteroatoms. The highest BCUT2D eigenvalue weighted by atomic mass is 35.5. The average molecular weight is 371 g/mol. The Morgan fingerprint density at radius 3 is 2.42 bits per heavy atom. The molecule has 2 aromatic carbocycles. The second kappa shape index (κ2) is 7.29. The lowest BCUT2D eigenvalue weighted by atomic mass is 10.2. The normalized spacial score (nSPS) is 11.5. The maximum Gasteiger partial charge on any atom is 0.243 e. The number of benzene rings is 2. The van der Waals surface area contributed by atoms with Crippen molar-refractivity contribution in [1.29, 1.82) is 0 Å². The number of rotatable bonds is 5. The van der Waals surface area contributed by atoms with Gasteiger partial charge in [-0.15, -0.1) is 0 Å². The number of amides is 1. The first-order chi connectivity index (χ1) is 11.2. The molecule has 128 valence electrons. The van der Waals surface area contributed by atoms with Gasteiger partial charge >= 0.3 is 0 Å². The molecule has 0 unspecified atom stereocenters. The summed E-state index contributed by atoms with van der Waals surface area (Å²) >= 11 is 6.03. The molecule has 0 aliphatic carbocycles. The molecule has 0 saturated carbocycles. The van der Waals surface area contributed by atoms with Crippen LogP contribution >= 0.6 is 11.6 Å². The smallest absolute Gasteiger partial charge is 0.243 e. The molecule has 0 aromatic heterocycles. The second-order valence-electron chi connectivity index (χ2n) is 5.25. The van der Waals surface area contributed by atoms with Crippen molar-refractivity contribution in [3.8, 4) is 0 Å². The molecular weight excluding hydrogens is 355 g/mol. The number of carbonyl (C=O) groups excluding carboxylic acids is 1. The molecule has 0 fully saturated rings. The van der Waals surface area contributed by atoms with E-state index in [4.69, 9.17) is 11.6 Å². The Bertz CT molecular complexity index is 854. The molecule has 1 amide bonds. The van der Waals surface area contributed by atoms with Crippen LogP contribution in [0, 0.1) is 12.7 Å². The van der Waals surface area contributed by atoms with Crippen molar-refractivity contribution in [1.82, 2.24) is 4.31 Å². The molecule has 1 N–H and O–H groups in total. The summed E-state index contributed by atoms with van der Waals surface area (Å²) in [5.74, 6) is -1.07. The average Bonchev–Trinajstić information content (AvgIpc) is 2.50. The fourth-order valence-electron chi connectivity index (χ4n) is 1.98. The number of sulfonamides is 1. The Hall–Kier alpha value is -1.96. The molecule has 5 nitrogen and oxygen atoms in total. The van der Waals surface area contributed by atoms with Crippen LogP contribution in [-0.4, -0.2) is 32.2 Å². The summed E-state index contributed by atoms with van der Waals surface area (Å²) < 4.78 is 38.5. The van der Waals surface area contributed by atoms with Crippen LogP contribution in [0.15, 0.2) is 47.4 Å². The lowest BCUT2D eigenvalue weighted by Gasteiger charge is -2.17. The van der Waals surface area contributed by atoms with E-state index in [1.807, 2.05) is 6.92 Å². The minimum Gasteiger partial charge on any atom is -0.324 e. The van der Waals surface area contributed by atoms with Crippen LogP contribution < -0.4 is 5.32 Å². The van der Waals surface area contributed by atoms with Gasteiger partial charge in [-0.2, -0.15) is 4.31 Å². The maximum absolute atomic E-state index is 12.9. The van der Waals surface area contributed by atoms with E-state index in [1.165, 1.54) is 7.05 Å². The molecule has 0 aliphatic heterocycles. The van der Waals surface area contributed by atoms with E-state index in [0.29, 0.717) is 10.7 Å². The van der Waals surface area contributed by atoms with Crippen LogP contribution in [0.4, 0.5) is 10.1 Å². The minimum atomic E-state index is -3.89. The van der Waals surface area contributed by atoms with Crippen molar-refractivity contribution >= 4 is 33.2 Å². The Morgan fingerprint density at radius 2 is 1.83 bits per heavy atom. The summed E-state index contributed by atoms with van der Waals surface area (Å²) in [6.45, 7) is 1.46. The number of nitrogens with one attached hydrogen (secondary N) is 1. The molecule has 2 aromatic rings. The van der Waals surface area contributed by atoms with Gasteiger partial charge in [0.2, 0.25) is 15.9 Å². The van der Waals surface area contributed by atoms with Gasteiger partial charge in [0.1, 0.15) is 5.82 Å². The lowest BCUT2D eigenvalue weighted by molar-refractivity contribution is -0.116. The number of likely N-dealkylation sites (N-methyl/N-ethyl adjacent to an activating group) is 1. The summed E-state index contributed by atoms with van der Waals surface area (Å²) in [6, 6.07) is 9.51. The third-order valence-electron chi connectivity index (χ3n) is 3.29. The predicted octanol–water partition coefficient (Wildman–Crippen LogP) is 3.05. The zero-order chi connectivity index (χ0) is 17.9. The molecule has 0 heterocycles. The Morgan fingerprint density at radius 1 is 1.21 bits per heavy atom. The van der Waals surface area contributed by atoms with Crippen LogP contribution in [0.1, 0.15) is 5.56 Å². The van der Waals surface area contributed by atoms with Gasteiger partial charge in [0, 0.05) is 7.05 Å². The van der Waals surface area contributed by atoms with Crippen molar-refractivity contribution in [2.75, 3.05) is 18.9 Å². The van der Waals surface area contributed by atoms with Crippen LogP contribution in [0.2, 0.25) is 5.02 Å². The Balaban J connectivity index is 2.09. The van der Waals surface area contributed by atoms with Crippen LogP contribution in [0.3, 0.4) is 0 Å². The van der Waals surface area contributed by atoms with Gasteiger partial charge in [-0.05, 0) is 48.9 Å². The SMILES string of the molecule is Cc1ccc(NC(=O)CN(C)S(=O)(=O)c2ccc(F)cc2)c(Cl)c1. The van der Waals surface area contributed by atoms with Gasteiger partial charge in [0.05, 0.1) is 22.2 Å². The first-order valence-corrected chi connectivity index (χ1v) is 8.80. The molecule has 0 aliphatic rings. The van der Waals surface area contributed by atoms with E-state index in [-0.39, 0.29) is 4.90 Å². The lowest BCUT2D eigenvalue weighted by Crippen LogP contribution is -2.35. The standard InChI is InChI=1S/C16H16ClFN2O3S/c1-11-3-8-15(14(17)9-11)19-16(21)10-20(2)24(22,23)13-6-4-12(18)5-7-13/h3-9H,10H2,1-2H3,(H,19,21). The number of aryl methyl sites for hydroxylation is 1. The van der Waals surface area contributed by atoms with E-state index in [9.17, 15) is 17.6 Å². The summed E-state index contributed by atoms with van der Waals surface area (Å²) in [5, 5.41) is 2.93. The Labute approximate surface area is 145 Å². The number of hydrogen-bond donors (Lipinski definition) is 1. The van der Waals surface area contributed by atoms with Crippen molar-refractivity contribution in [2.45, 2.75) is 11.8 Å². The molecule has 0 radical (unpaired) electrons. The minimum absolute atomic E-state index is 0.0902. The van der Waals surface area contributed by atoms with Crippen molar-refractivity contribution < 1.29 is 17.6 Å². The van der Waals surface area contributed by atoms with Gasteiger partial charge < -0.3 is 5.32 Å². The fraction of sp³-hybridized carbons (Fsp3) is 0.188. The van der Waals surface area contributed by atoms with Gasteiger partial charge in [-0.3, -0.25) is 4.79 Å². The van der Waals surface area contributed by atoms with Crippen LogP contribution in [-0.2, 0) is 14.8 Å². The van der Waals surface area contributed by atoms with Crippen LogP contribution in [0.25, 0.3) is 0 Å². The monoisotopic (exact) mass is 370 g/mol. The Kier molecular flexibility index (Phi) is 5.58. The number of nitrogens with zero attached hydrogens (tertiary/aromatic N) is 1. The molecule has 0 atom stereocenters. The number of halogens is 2. The van der Waals surface area contributed by atoms with Crippen molar-refractivity contribution in [3.05, 3.63) is 58.9 Å². The van der Waals surface area contributed by atoms with Gasteiger partial charge in [-0.1, -0.05) is 17.7 Å². The largest absolute Gasteiger partial charge is 0.324 e. The van der Waals surface area contributed by atoms with E-state index < -0.39 is 28.3 Å². The van der Waals surface area contributed by atoms with Crippen molar-refractivity contribution in [2.24, 2.45) is 0 Å². The first-order valence-electron chi connectivity index (χ1n) is 6.98. The zero-order valence-electron chi connectivity index (χ0n) is 13.1. The third kappa shape index (κ3) is 4.31. The highest BCUT2D eigenvalue weighted by Gasteiger charge is 2.23. The fourth-order valence-corrected chi connectivity index (χ4v) is 3.39. The maximum atomic E-state index is 12.9. The quantitative estimate of drug-likeness (QED) is 0.879. The molecule has 0 saturated heterocycles. The summed E-state index contributed by atoms with van der Waals surface area (Å²) in [4.78, 5) is 12.0. The zero-order valence-corrected chi connectivity index (χ0v) is 14.7. The molecule has 24 heavy (non-hydrogen) atoms. The van der Waals surface area contributed by atoms with E-state index in [0.717, 1.165) is 34.1 Å². The number of carbonyl (C=O) groups is 1. The van der Waals surface area contributed by atoms with E-state index in [1.54, 1.807) is 18.2 Å². The summed E-state index contributed by atoms with van der Waals surface area (Å²) in [6.07, 6.45) is 0. The molecule has 2 rings (SSSR count). The number of anilines is 1. The number of hydrogen-bond acceptors (Lipinski definition) is 3. The van der Waals surface area contributed by atoms with Gasteiger partial charge in [0.15, 0.2) is 0 Å². The van der Waals surface area contributed by atoms with Gasteiger partial charge in [-0.25, -0.2) is 12.8 Å². The molecule has 0 bridgehead atoms. The summed E-state index contributed by atoms with van der Waals surface area (Å²) in [5.41, 5.74) is 1.34. The van der Waals surface area contributed by atoms with E-state index in [2.05, 4.69) is 5.32 Å². The predicted molar refractivity (Wildman–Crippen MR) is 91.0 cm³/mol. The van der Waals surface area contributed by atoms with Gasteiger partial charge in [0.25, 0.3) is 0 Å². The topological polar surface area (TPSA) is 66.5 Å². The van der Waals surface area contributed by atoms with Crippen LogP contribution in [0.5, 0.6) is 0 Å². The second-order valence-corrected chi connectivity index (χ2v) is 7.70. The van der Waals surface area contributed by atoms with Crippen molar-refractivity contribution in [3.63, 3.8) is 0 Å². The summed E-state index contributed by atoms with van der Waals surface area (Å²) in [7, 11) is -2.61. The molecule has 0 spiro atoms. The third-order valence-corrected chi connectivity index (χ3v) is 5.42. The van der Waals surface area contributed by atoms with E-state index >= 15 is 0 Å².